The molecule has 0 aromatic rings. The van der Waals surface area contributed by atoms with Crippen LogP contribution >= 0.6 is 0 Å². The fourth-order valence-corrected chi connectivity index (χ4v) is 3.93. The number of hydrogen-bond acceptors (Lipinski definition) is 4. The molecule has 0 spiro atoms. The van der Waals surface area contributed by atoms with Crippen molar-refractivity contribution >= 4 is 16.6 Å². The van der Waals surface area contributed by atoms with E-state index in [0.717, 1.165) is 0 Å². The molecule has 0 rings (SSSR count). The maximum absolute atomic E-state index is 6.17. The fraction of sp³-hybridized carbons (Fsp3) is 1.00. The Morgan fingerprint density at radius 1 is 0.667 bits per heavy atom. The molecule has 0 saturated heterocycles. The lowest BCUT2D eigenvalue weighted by Gasteiger charge is -2.35. The van der Waals surface area contributed by atoms with Crippen molar-refractivity contribution in [1.82, 2.24) is 0 Å². The van der Waals surface area contributed by atoms with Crippen LogP contribution in [0.15, 0.2) is 0 Å². The largest absolute Gasteiger partial charge is 0.410 e. The quantitative estimate of drug-likeness (QED) is 0.613. The molecule has 0 amide bonds. The molecule has 6 heteroatoms. The summed E-state index contributed by atoms with van der Waals surface area (Å²) in [6.07, 6.45) is -0.0957. The highest BCUT2D eigenvalue weighted by Gasteiger charge is 2.32. The van der Waals surface area contributed by atoms with Crippen LogP contribution in [-0.2, 0) is 18.3 Å². The maximum Gasteiger partial charge on any atom is 0.184 e. The number of hydrogen-bond donors (Lipinski definition) is 0. The van der Waals surface area contributed by atoms with E-state index in [2.05, 4.69) is 39.3 Å². The maximum atomic E-state index is 6.17. The first-order chi connectivity index (χ1) is 8.09. The summed E-state index contributed by atoms with van der Waals surface area (Å²) in [6, 6.07) is 0. The van der Waals surface area contributed by atoms with Crippen LogP contribution in [0.5, 0.6) is 0 Å². The van der Waals surface area contributed by atoms with Gasteiger partial charge in [-0.1, -0.05) is 0 Å². The molecule has 0 saturated carbocycles. The van der Waals surface area contributed by atoms with Crippen molar-refractivity contribution in [3.8, 4) is 0 Å². The highest BCUT2D eigenvalue weighted by atomic mass is 28.4. The van der Waals surface area contributed by atoms with Crippen molar-refractivity contribution < 1.29 is 18.3 Å². The summed E-state index contributed by atoms with van der Waals surface area (Å²) < 4.78 is 22.9. The molecule has 0 unspecified atom stereocenters. The highest BCUT2D eigenvalue weighted by Crippen LogP contribution is 2.17. The van der Waals surface area contributed by atoms with Gasteiger partial charge in [0.1, 0.15) is 0 Å². The standard InChI is InChI=1S/C12H30O4Si2/c1-13-9-11(15-17(3,4)5)12(10-14-2)16-18(6,7)8/h11-12H,9-10H2,1-8H3/t11-,12-/m1/s1. The number of rotatable bonds is 9. The third kappa shape index (κ3) is 9.24. The van der Waals surface area contributed by atoms with Crippen LogP contribution in [0.25, 0.3) is 0 Å². The smallest absolute Gasteiger partial charge is 0.184 e. The van der Waals surface area contributed by atoms with Crippen molar-refractivity contribution in [3.05, 3.63) is 0 Å². The van der Waals surface area contributed by atoms with E-state index in [1.54, 1.807) is 14.2 Å². The van der Waals surface area contributed by atoms with Gasteiger partial charge in [0.15, 0.2) is 16.6 Å². The van der Waals surface area contributed by atoms with E-state index in [9.17, 15) is 0 Å². The predicted molar refractivity (Wildman–Crippen MR) is 80.2 cm³/mol. The monoisotopic (exact) mass is 294 g/mol. The summed E-state index contributed by atoms with van der Waals surface area (Å²) in [5, 5.41) is 0. The number of ether oxygens (including phenoxy) is 2. The Morgan fingerprint density at radius 2 is 0.944 bits per heavy atom. The summed E-state index contributed by atoms with van der Waals surface area (Å²) in [5.41, 5.74) is 0. The molecule has 0 aromatic carbocycles. The summed E-state index contributed by atoms with van der Waals surface area (Å²) in [6.45, 7) is 14.1. The molecule has 2 atom stereocenters. The Morgan fingerprint density at radius 3 is 1.11 bits per heavy atom. The van der Waals surface area contributed by atoms with Gasteiger partial charge in [-0.25, -0.2) is 0 Å². The summed E-state index contributed by atoms with van der Waals surface area (Å²) in [5.74, 6) is 0. The molecule has 0 aliphatic rings. The van der Waals surface area contributed by atoms with Crippen molar-refractivity contribution in [2.45, 2.75) is 51.5 Å². The second-order valence-corrected chi connectivity index (χ2v) is 15.4. The summed E-state index contributed by atoms with van der Waals surface area (Å²) >= 11 is 0. The molecule has 0 heterocycles. The first-order valence-corrected chi connectivity index (χ1v) is 13.2. The first-order valence-electron chi connectivity index (χ1n) is 6.42. The van der Waals surface area contributed by atoms with Crippen molar-refractivity contribution in [2.24, 2.45) is 0 Å². The second-order valence-electron chi connectivity index (χ2n) is 6.45. The lowest BCUT2D eigenvalue weighted by Crippen LogP contribution is -2.48. The fourth-order valence-electron chi connectivity index (χ4n) is 1.67. The molecule has 18 heavy (non-hydrogen) atoms. The van der Waals surface area contributed by atoms with Gasteiger partial charge in [-0.15, -0.1) is 0 Å². The molecule has 0 aromatic heterocycles. The molecule has 0 fully saturated rings. The molecular formula is C12H30O4Si2. The highest BCUT2D eigenvalue weighted by molar-refractivity contribution is 6.70. The van der Waals surface area contributed by atoms with Gasteiger partial charge in [0, 0.05) is 14.2 Å². The average Bonchev–Trinajstić information content (AvgIpc) is 2.12. The first kappa shape index (κ1) is 18.3. The van der Waals surface area contributed by atoms with Gasteiger partial charge in [0.2, 0.25) is 0 Å². The molecule has 110 valence electrons. The van der Waals surface area contributed by atoms with E-state index < -0.39 is 16.6 Å². The zero-order chi connectivity index (χ0) is 14.4. The normalized spacial score (nSPS) is 16.7. The van der Waals surface area contributed by atoms with Crippen molar-refractivity contribution in [2.75, 3.05) is 27.4 Å². The van der Waals surface area contributed by atoms with Gasteiger partial charge in [-0.05, 0) is 39.3 Å². The van der Waals surface area contributed by atoms with E-state index in [0.29, 0.717) is 13.2 Å². The minimum absolute atomic E-state index is 0.0478. The molecule has 0 N–H and O–H groups in total. The van der Waals surface area contributed by atoms with Crippen LogP contribution in [0.4, 0.5) is 0 Å². The van der Waals surface area contributed by atoms with Gasteiger partial charge in [0.05, 0.1) is 25.4 Å². The predicted octanol–water partition coefficient (Wildman–Crippen LogP) is 2.72. The van der Waals surface area contributed by atoms with Crippen molar-refractivity contribution in [3.63, 3.8) is 0 Å². The Bertz CT molecular complexity index is 199. The Hall–Kier alpha value is 0.274. The second kappa shape index (κ2) is 7.76. The molecular weight excluding hydrogens is 264 g/mol. The van der Waals surface area contributed by atoms with Gasteiger partial charge in [0.25, 0.3) is 0 Å². The Balaban J connectivity index is 4.75. The van der Waals surface area contributed by atoms with Crippen LogP contribution in [0.2, 0.25) is 39.3 Å². The van der Waals surface area contributed by atoms with E-state index in [4.69, 9.17) is 18.3 Å². The topological polar surface area (TPSA) is 36.9 Å². The Kier molecular flexibility index (Phi) is 7.88. The lowest BCUT2D eigenvalue weighted by molar-refractivity contribution is -0.0382. The number of methoxy groups -OCH3 is 2. The van der Waals surface area contributed by atoms with Gasteiger partial charge < -0.3 is 18.3 Å². The Labute approximate surface area is 114 Å². The van der Waals surface area contributed by atoms with E-state index in [-0.39, 0.29) is 12.2 Å². The van der Waals surface area contributed by atoms with Crippen LogP contribution in [0.3, 0.4) is 0 Å². The average molecular weight is 295 g/mol. The lowest BCUT2D eigenvalue weighted by atomic mass is 10.2. The van der Waals surface area contributed by atoms with E-state index in [1.165, 1.54) is 0 Å². The molecule has 0 bridgehead atoms. The van der Waals surface area contributed by atoms with Gasteiger partial charge in [-0.3, -0.25) is 0 Å². The van der Waals surface area contributed by atoms with Crippen LogP contribution < -0.4 is 0 Å². The zero-order valence-electron chi connectivity index (χ0n) is 13.2. The third-order valence-electron chi connectivity index (χ3n) is 2.09. The van der Waals surface area contributed by atoms with Crippen LogP contribution in [0, 0.1) is 0 Å². The molecule has 0 aliphatic heterocycles. The van der Waals surface area contributed by atoms with E-state index in [1.807, 2.05) is 0 Å². The summed E-state index contributed by atoms with van der Waals surface area (Å²) in [4.78, 5) is 0. The van der Waals surface area contributed by atoms with Gasteiger partial charge in [-0.2, -0.15) is 0 Å². The molecule has 4 nitrogen and oxygen atoms in total. The van der Waals surface area contributed by atoms with Crippen LogP contribution in [-0.4, -0.2) is 56.3 Å². The minimum Gasteiger partial charge on any atom is -0.410 e. The summed E-state index contributed by atoms with van der Waals surface area (Å²) in [7, 11) is 0.137. The molecule has 0 aliphatic carbocycles. The minimum atomic E-state index is -1.62. The molecule has 0 radical (unpaired) electrons. The van der Waals surface area contributed by atoms with Crippen LogP contribution in [0.1, 0.15) is 0 Å². The third-order valence-corrected chi connectivity index (χ3v) is 4.11. The van der Waals surface area contributed by atoms with Gasteiger partial charge >= 0.3 is 0 Å². The zero-order valence-corrected chi connectivity index (χ0v) is 15.2. The SMILES string of the molecule is COC[C@@H](O[Si](C)(C)C)[C@@H](COC)O[Si](C)(C)C. The van der Waals surface area contributed by atoms with E-state index >= 15 is 0 Å². The van der Waals surface area contributed by atoms with Crippen molar-refractivity contribution in [1.29, 1.82) is 0 Å².